The van der Waals surface area contributed by atoms with Gasteiger partial charge < -0.3 is 15.4 Å². The van der Waals surface area contributed by atoms with Crippen molar-refractivity contribution in [2.24, 2.45) is 0 Å². The summed E-state index contributed by atoms with van der Waals surface area (Å²) in [6.45, 7) is 7.21. The standard InChI is InChI=1S/C16H24FN3O2/c1-16(2,3)22-15(21)20-13-7-6-11(17)9-14(13)19-12-5-4-8-18-10-12/h6-7,9,12,18-19H,4-5,8,10H2,1-3H3,(H,20,21). The first-order valence-corrected chi connectivity index (χ1v) is 7.60. The van der Waals surface area contributed by atoms with Crippen molar-refractivity contribution in [2.45, 2.75) is 45.3 Å². The Hall–Kier alpha value is -1.82. The van der Waals surface area contributed by atoms with Gasteiger partial charge in [0.2, 0.25) is 0 Å². The van der Waals surface area contributed by atoms with E-state index in [1.807, 2.05) is 0 Å². The molecule has 22 heavy (non-hydrogen) atoms. The minimum Gasteiger partial charge on any atom is -0.444 e. The van der Waals surface area contributed by atoms with Crippen molar-refractivity contribution in [1.82, 2.24) is 5.32 Å². The maximum absolute atomic E-state index is 13.5. The van der Waals surface area contributed by atoms with Crippen LogP contribution in [-0.2, 0) is 4.74 Å². The van der Waals surface area contributed by atoms with E-state index in [2.05, 4.69) is 16.0 Å². The fraction of sp³-hybridized carbons (Fsp3) is 0.562. The number of hydrogen-bond acceptors (Lipinski definition) is 4. The maximum atomic E-state index is 13.5. The summed E-state index contributed by atoms with van der Waals surface area (Å²) in [6, 6.07) is 4.46. The summed E-state index contributed by atoms with van der Waals surface area (Å²) in [5, 5.41) is 9.25. The summed E-state index contributed by atoms with van der Waals surface area (Å²) >= 11 is 0. The average molecular weight is 309 g/mol. The molecule has 1 heterocycles. The lowest BCUT2D eigenvalue weighted by molar-refractivity contribution is 0.0636. The van der Waals surface area contributed by atoms with Crippen molar-refractivity contribution in [3.63, 3.8) is 0 Å². The first-order chi connectivity index (χ1) is 10.3. The zero-order valence-corrected chi connectivity index (χ0v) is 13.3. The van der Waals surface area contributed by atoms with Crippen LogP contribution in [0, 0.1) is 5.82 Å². The summed E-state index contributed by atoms with van der Waals surface area (Å²) in [7, 11) is 0. The maximum Gasteiger partial charge on any atom is 0.412 e. The smallest absolute Gasteiger partial charge is 0.412 e. The molecule has 1 saturated heterocycles. The monoisotopic (exact) mass is 309 g/mol. The van der Waals surface area contributed by atoms with Crippen LogP contribution in [0.1, 0.15) is 33.6 Å². The molecule has 0 aromatic heterocycles. The molecule has 1 aromatic carbocycles. The van der Waals surface area contributed by atoms with Crippen molar-refractivity contribution >= 4 is 17.5 Å². The number of carbonyl (C=O) groups is 1. The lowest BCUT2D eigenvalue weighted by Gasteiger charge is -2.26. The van der Waals surface area contributed by atoms with Crippen molar-refractivity contribution in [3.05, 3.63) is 24.0 Å². The molecule has 0 spiro atoms. The first kappa shape index (κ1) is 16.5. The van der Waals surface area contributed by atoms with Gasteiger partial charge in [0, 0.05) is 12.6 Å². The van der Waals surface area contributed by atoms with Crippen LogP contribution in [0.15, 0.2) is 18.2 Å². The van der Waals surface area contributed by atoms with Crippen LogP contribution in [0.25, 0.3) is 0 Å². The van der Waals surface area contributed by atoms with Crippen molar-refractivity contribution in [1.29, 1.82) is 0 Å². The van der Waals surface area contributed by atoms with Gasteiger partial charge in [0.05, 0.1) is 11.4 Å². The van der Waals surface area contributed by atoms with Gasteiger partial charge in [0.1, 0.15) is 11.4 Å². The molecule has 6 heteroatoms. The Morgan fingerprint density at radius 1 is 1.36 bits per heavy atom. The van der Waals surface area contributed by atoms with Crippen LogP contribution in [0.5, 0.6) is 0 Å². The number of benzene rings is 1. The van der Waals surface area contributed by atoms with E-state index in [1.54, 1.807) is 20.8 Å². The zero-order valence-electron chi connectivity index (χ0n) is 13.3. The molecule has 0 saturated carbocycles. The predicted molar refractivity (Wildman–Crippen MR) is 85.8 cm³/mol. The lowest BCUT2D eigenvalue weighted by atomic mass is 10.1. The van der Waals surface area contributed by atoms with Crippen LogP contribution in [0.2, 0.25) is 0 Å². The molecule has 2 rings (SSSR count). The number of halogens is 1. The summed E-state index contributed by atoms with van der Waals surface area (Å²) in [5.74, 6) is -0.346. The molecule has 0 aliphatic carbocycles. The second-order valence-corrected chi connectivity index (χ2v) is 6.50. The Balaban J connectivity index is 2.08. The largest absolute Gasteiger partial charge is 0.444 e. The van der Waals surface area contributed by atoms with Crippen LogP contribution in [-0.4, -0.2) is 30.8 Å². The Morgan fingerprint density at radius 3 is 2.77 bits per heavy atom. The lowest BCUT2D eigenvalue weighted by Crippen LogP contribution is -2.38. The summed E-state index contributed by atoms with van der Waals surface area (Å²) in [6.07, 6.45) is 1.53. The first-order valence-electron chi connectivity index (χ1n) is 7.60. The molecule has 5 nitrogen and oxygen atoms in total. The van der Waals surface area contributed by atoms with Gasteiger partial charge in [0.15, 0.2) is 0 Å². The molecule has 1 amide bonds. The highest BCUT2D eigenvalue weighted by atomic mass is 19.1. The second-order valence-electron chi connectivity index (χ2n) is 6.50. The zero-order chi connectivity index (χ0) is 16.2. The van der Waals surface area contributed by atoms with Crippen LogP contribution in [0.4, 0.5) is 20.6 Å². The van der Waals surface area contributed by atoms with Gasteiger partial charge in [-0.3, -0.25) is 5.32 Å². The Kier molecular flexibility index (Phi) is 5.24. The van der Waals surface area contributed by atoms with Gasteiger partial charge in [-0.05, 0) is 58.4 Å². The Morgan fingerprint density at radius 2 is 2.14 bits per heavy atom. The normalized spacial score (nSPS) is 18.6. The fourth-order valence-corrected chi connectivity index (χ4v) is 2.35. The average Bonchev–Trinajstić information content (AvgIpc) is 2.41. The molecular weight excluding hydrogens is 285 g/mol. The Bertz CT molecular complexity index is 523. The van der Waals surface area contributed by atoms with E-state index >= 15 is 0 Å². The van der Waals surface area contributed by atoms with E-state index in [1.165, 1.54) is 18.2 Å². The molecule has 1 unspecified atom stereocenters. The number of hydrogen-bond donors (Lipinski definition) is 3. The predicted octanol–water partition coefficient (Wildman–Crippen LogP) is 3.34. The third kappa shape index (κ3) is 5.18. The van der Waals surface area contributed by atoms with Gasteiger partial charge in [-0.15, -0.1) is 0 Å². The Labute approximate surface area is 130 Å². The molecule has 3 N–H and O–H groups in total. The van der Waals surface area contributed by atoms with Crippen LogP contribution < -0.4 is 16.0 Å². The van der Waals surface area contributed by atoms with Crippen molar-refractivity contribution < 1.29 is 13.9 Å². The molecule has 1 aliphatic rings. The summed E-state index contributed by atoms with van der Waals surface area (Å²) in [5.41, 5.74) is 0.506. The highest BCUT2D eigenvalue weighted by Gasteiger charge is 2.19. The van der Waals surface area contributed by atoms with Gasteiger partial charge in [-0.25, -0.2) is 9.18 Å². The van der Waals surface area contributed by atoms with E-state index in [9.17, 15) is 9.18 Å². The highest BCUT2D eigenvalue weighted by molar-refractivity contribution is 5.89. The minimum atomic E-state index is -0.578. The molecule has 122 valence electrons. The van der Waals surface area contributed by atoms with Gasteiger partial charge in [0.25, 0.3) is 0 Å². The van der Waals surface area contributed by atoms with Gasteiger partial charge >= 0.3 is 6.09 Å². The van der Waals surface area contributed by atoms with E-state index in [-0.39, 0.29) is 11.9 Å². The van der Waals surface area contributed by atoms with Crippen LogP contribution in [0.3, 0.4) is 0 Å². The van der Waals surface area contributed by atoms with Crippen molar-refractivity contribution in [2.75, 3.05) is 23.7 Å². The van der Waals surface area contributed by atoms with E-state index in [4.69, 9.17) is 4.74 Å². The highest BCUT2D eigenvalue weighted by Crippen LogP contribution is 2.25. The number of rotatable bonds is 3. The van der Waals surface area contributed by atoms with Gasteiger partial charge in [-0.2, -0.15) is 0 Å². The molecule has 1 aliphatic heterocycles. The quantitative estimate of drug-likeness (QED) is 0.801. The number of carbonyl (C=O) groups excluding carboxylic acids is 1. The van der Waals surface area contributed by atoms with Gasteiger partial charge in [-0.1, -0.05) is 0 Å². The number of piperidine rings is 1. The molecular formula is C16H24FN3O2. The summed E-state index contributed by atoms with van der Waals surface area (Å²) in [4.78, 5) is 11.9. The number of ether oxygens (including phenoxy) is 1. The molecule has 1 atom stereocenters. The number of anilines is 2. The second kappa shape index (κ2) is 6.96. The van der Waals surface area contributed by atoms with Crippen molar-refractivity contribution in [3.8, 4) is 0 Å². The SMILES string of the molecule is CC(C)(C)OC(=O)Nc1ccc(F)cc1NC1CCCNC1. The third-order valence-corrected chi connectivity index (χ3v) is 3.27. The van der Waals surface area contributed by atoms with E-state index < -0.39 is 11.7 Å². The number of nitrogens with one attached hydrogen (secondary N) is 3. The third-order valence-electron chi connectivity index (χ3n) is 3.27. The molecule has 1 aromatic rings. The van der Waals surface area contributed by atoms with E-state index in [0.29, 0.717) is 11.4 Å². The molecule has 0 radical (unpaired) electrons. The topological polar surface area (TPSA) is 62.4 Å². The van der Waals surface area contributed by atoms with Crippen LogP contribution >= 0.6 is 0 Å². The summed E-state index contributed by atoms with van der Waals surface area (Å²) < 4.78 is 18.7. The minimum absolute atomic E-state index is 0.217. The van der Waals surface area contributed by atoms with E-state index in [0.717, 1.165) is 25.9 Å². The molecule has 0 bridgehead atoms. The molecule has 1 fully saturated rings. The number of amides is 1. The fourth-order valence-electron chi connectivity index (χ4n) is 2.35.